The number of amides is 2. The molecule has 2 aromatic carbocycles. The van der Waals surface area contributed by atoms with Crippen LogP contribution >= 0.6 is 0 Å². The largest absolute Gasteiger partial charge is 0.383 e. The predicted octanol–water partition coefficient (Wildman–Crippen LogP) is 4.47. The minimum absolute atomic E-state index is 0.0395. The van der Waals surface area contributed by atoms with Crippen LogP contribution in [0.3, 0.4) is 0 Å². The Labute approximate surface area is 167 Å². The average Bonchev–Trinajstić information content (AvgIpc) is 2.61. The van der Waals surface area contributed by atoms with Gasteiger partial charge in [0.2, 0.25) is 0 Å². The van der Waals surface area contributed by atoms with E-state index in [9.17, 15) is 13.2 Å². The van der Waals surface area contributed by atoms with Crippen molar-refractivity contribution in [2.24, 2.45) is 0 Å². The number of aryl methyl sites for hydroxylation is 2. The summed E-state index contributed by atoms with van der Waals surface area (Å²) < 4.78 is 27.3. The van der Waals surface area contributed by atoms with Crippen LogP contribution in [0.2, 0.25) is 0 Å². The maximum absolute atomic E-state index is 12.9. The van der Waals surface area contributed by atoms with Gasteiger partial charge in [0.05, 0.1) is 6.26 Å². The molecule has 6 nitrogen and oxygen atoms in total. The van der Waals surface area contributed by atoms with Crippen molar-refractivity contribution in [2.75, 3.05) is 11.6 Å². The van der Waals surface area contributed by atoms with E-state index in [2.05, 4.69) is 5.32 Å². The van der Waals surface area contributed by atoms with Crippen molar-refractivity contribution in [1.29, 1.82) is 0 Å². The van der Waals surface area contributed by atoms with Gasteiger partial charge in [-0.05, 0) is 56.5 Å². The molecule has 28 heavy (non-hydrogen) atoms. The van der Waals surface area contributed by atoms with Gasteiger partial charge in [0, 0.05) is 18.3 Å². The van der Waals surface area contributed by atoms with E-state index < -0.39 is 10.1 Å². The van der Waals surface area contributed by atoms with Gasteiger partial charge in [-0.2, -0.15) is 8.42 Å². The highest BCUT2D eigenvalue weighted by atomic mass is 32.2. The molecule has 152 valence electrons. The van der Waals surface area contributed by atoms with Crippen molar-refractivity contribution in [3.63, 3.8) is 0 Å². The number of hydrogen-bond acceptors (Lipinski definition) is 4. The molecule has 7 heteroatoms. The van der Waals surface area contributed by atoms with E-state index >= 15 is 0 Å². The van der Waals surface area contributed by atoms with Crippen LogP contribution in [0.4, 0.5) is 10.5 Å². The minimum Gasteiger partial charge on any atom is -0.383 e. The third kappa shape index (κ3) is 6.27. The molecule has 0 heterocycles. The Morgan fingerprint density at radius 3 is 2.32 bits per heavy atom. The van der Waals surface area contributed by atoms with Gasteiger partial charge >= 0.3 is 16.1 Å². The molecule has 1 N–H and O–H groups in total. The molecule has 0 spiro atoms. The number of carbonyl (C=O) groups is 1. The minimum atomic E-state index is -3.56. The van der Waals surface area contributed by atoms with Crippen molar-refractivity contribution in [3.8, 4) is 5.75 Å². The number of urea groups is 1. The second-order valence-electron chi connectivity index (χ2n) is 7.07. The third-order valence-corrected chi connectivity index (χ3v) is 5.03. The van der Waals surface area contributed by atoms with Crippen LogP contribution < -0.4 is 9.50 Å². The lowest BCUT2D eigenvalue weighted by Crippen LogP contribution is -2.40. The van der Waals surface area contributed by atoms with Crippen molar-refractivity contribution in [1.82, 2.24) is 4.90 Å². The molecule has 0 fully saturated rings. The van der Waals surface area contributed by atoms with Crippen LogP contribution in [0, 0.1) is 13.8 Å². The second kappa shape index (κ2) is 9.10. The van der Waals surface area contributed by atoms with Gasteiger partial charge in [-0.1, -0.05) is 36.8 Å². The van der Waals surface area contributed by atoms with Crippen LogP contribution in [0.5, 0.6) is 5.75 Å². The first-order valence-electron chi connectivity index (χ1n) is 9.22. The fourth-order valence-corrected chi connectivity index (χ4v) is 3.27. The Balaban J connectivity index is 2.15. The van der Waals surface area contributed by atoms with E-state index in [0.717, 1.165) is 35.1 Å². The number of nitrogens with zero attached hydrogens (tertiary/aromatic N) is 1. The number of benzene rings is 2. The maximum Gasteiger partial charge on any atom is 0.322 e. The SMILES string of the molecule is CC[C@H](C)N(Cc1ccc(OS(C)(=O)=O)cc1)C(=O)Nc1ccc(C)cc1C. The summed E-state index contributed by atoms with van der Waals surface area (Å²) in [4.78, 5) is 14.7. The molecule has 0 unspecified atom stereocenters. The van der Waals surface area contributed by atoms with Crippen LogP contribution in [0.1, 0.15) is 37.0 Å². The summed E-state index contributed by atoms with van der Waals surface area (Å²) in [6, 6.07) is 12.5. The average molecular weight is 405 g/mol. The van der Waals surface area contributed by atoms with Gasteiger partial charge in [-0.25, -0.2) is 4.79 Å². The van der Waals surface area contributed by atoms with Gasteiger partial charge in [0.15, 0.2) is 0 Å². The number of nitrogens with one attached hydrogen (secondary N) is 1. The highest BCUT2D eigenvalue weighted by Gasteiger charge is 2.20. The predicted molar refractivity (Wildman–Crippen MR) is 112 cm³/mol. The molecule has 0 radical (unpaired) electrons. The van der Waals surface area contributed by atoms with Gasteiger partial charge < -0.3 is 14.4 Å². The van der Waals surface area contributed by atoms with E-state index in [1.165, 1.54) is 0 Å². The van der Waals surface area contributed by atoms with Gasteiger partial charge in [-0.3, -0.25) is 0 Å². The lowest BCUT2D eigenvalue weighted by molar-refractivity contribution is 0.187. The molecule has 0 aromatic heterocycles. The summed E-state index contributed by atoms with van der Waals surface area (Å²) >= 11 is 0. The molecule has 0 aliphatic heterocycles. The van der Waals surface area contributed by atoms with E-state index in [1.54, 1.807) is 29.2 Å². The summed E-state index contributed by atoms with van der Waals surface area (Å²) in [5.41, 5.74) is 3.84. The smallest absolute Gasteiger partial charge is 0.322 e. The third-order valence-electron chi connectivity index (χ3n) is 4.53. The normalized spacial score (nSPS) is 12.3. The number of hydrogen-bond donors (Lipinski definition) is 1. The Morgan fingerprint density at radius 2 is 1.79 bits per heavy atom. The van der Waals surface area contributed by atoms with Crippen molar-refractivity contribution >= 4 is 21.8 Å². The zero-order chi connectivity index (χ0) is 20.9. The van der Waals surface area contributed by atoms with E-state index in [1.807, 2.05) is 45.9 Å². The second-order valence-corrected chi connectivity index (χ2v) is 8.64. The van der Waals surface area contributed by atoms with Gasteiger partial charge in [0.25, 0.3) is 0 Å². The van der Waals surface area contributed by atoms with Gasteiger partial charge in [-0.15, -0.1) is 0 Å². The summed E-state index contributed by atoms with van der Waals surface area (Å²) in [5, 5.41) is 3.00. The maximum atomic E-state index is 12.9. The van der Waals surface area contributed by atoms with Gasteiger partial charge in [0.1, 0.15) is 5.75 Å². The first kappa shape index (κ1) is 21.8. The lowest BCUT2D eigenvalue weighted by atomic mass is 10.1. The van der Waals surface area contributed by atoms with Crippen molar-refractivity contribution in [2.45, 2.75) is 46.7 Å². The van der Waals surface area contributed by atoms with Crippen LogP contribution in [0.15, 0.2) is 42.5 Å². The lowest BCUT2D eigenvalue weighted by Gasteiger charge is -2.29. The molecule has 0 saturated carbocycles. The standard InChI is InChI=1S/C21H28N2O4S/c1-6-17(4)23(21(24)22-20-12-7-15(2)13-16(20)3)14-18-8-10-19(11-9-18)27-28(5,25)26/h7-13,17H,6,14H2,1-5H3,(H,22,24)/t17-/m0/s1. The summed E-state index contributed by atoms with van der Waals surface area (Å²) in [6.07, 6.45) is 1.82. The Kier molecular flexibility index (Phi) is 7.07. The molecule has 1 atom stereocenters. The van der Waals surface area contributed by atoms with Crippen LogP contribution in [-0.4, -0.2) is 31.6 Å². The quantitative estimate of drug-likeness (QED) is 0.691. The molecular formula is C21H28N2O4S. The highest BCUT2D eigenvalue weighted by molar-refractivity contribution is 7.86. The van der Waals surface area contributed by atoms with E-state index in [4.69, 9.17) is 4.18 Å². The molecule has 0 aliphatic rings. The molecule has 0 bridgehead atoms. The fourth-order valence-electron chi connectivity index (χ4n) is 2.81. The zero-order valence-corrected chi connectivity index (χ0v) is 17.8. The summed E-state index contributed by atoms with van der Waals surface area (Å²) in [6.45, 7) is 8.43. The van der Waals surface area contributed by atoms with Crippen LogP contribution in [-0.2, 0) is 16.7 Å². The number of anilines is 1. The zero-order valence-electron chi connectivity index (χ0n) is 17.0. The Bertz CT molecular complexity index is 924. The topological polar surface area (TPSA) is 75.7 Å². The molecular weight excluding hydrogens is 376 g/mol. The van der Waals surface area contributed by atoms with Crippen molar-refractivity contribution in [3.05, 3.63) is 59.2 Å². The Morgan fingerprint density at radius 1 is 1.14 bits per heavy atom. The van der Waals surface area contributed by atoms with Crippen molar-refractivity contribution < 1.29 is 17.4 Å². The first-order valence-corrected chi connectivity index (χ1v) is 11.0. The summed E-state index contributed by atoms with van der Waals surface area (Å²) in [5.74, 6) is 0.251. The molecule has 2 rings (SSSR count). The summed E-state index contributed by atoms with van der Waals surface area (Å²) in [7, 11) is -3.56. The molecule has 0 saturated heterocycles. The monoisotopic (exact) mass is 404 g/mol. The highest BCUT2D eigenvalue weighted by Crippen LogP contribution is 2.20. The molecule has 2 amide bonds. The number of rotatable bonds is 7. The van der Waals surface area contributed by atoms with E-state index in [-0.39, 0.29) is 17.8 Å². The molecule has 2 aromatic rings. The van der Waals surface area contributed by atoms with E-state index in [0.29, 0.717) is 6.54 Å². The fraction of sp³-hybridized carbons (Fsp3) is 0.381. The molecule has 0 aliphatic carbocycles. The van der Waals surface area contributed by atoms with Crippen LogP contribution in [0.25, 0.3) is 0 Å². The number of carbonyl (C=O) groups excluding carboxylic acids is 1. The Hall–Kier alpha value is -2.54. The first-order chi connectivity index (χ1) is 13.1.